The van der Waals surface area contributed by atoms with Gasteiger partial charge < -0.3 is 10.2 Å². The van der Waals surface area contributed by atoms with Crippen LogP contribution in [0.25, 0.3) is 10.1 Å². The average molecular weight is 276 g/mol. The highest BCUT2D eigenvalue weighted by molar-refractivity contribution is 7.19. The summed E-state index contributed by atoms with van der Waals surface area (Å²) < 4.78 is 1.39. The Labute approximate surface area is 120 Å². The Balaban J connectivity index is 2.17. The van der Waals surface area contributed by atoms with E-state index >= 15 is 0 Å². The van der Waals surface area contributed by atoms with Crippen LogP contribution in [0.15, 0.2) is 24.3 Å². The third-order valence-corrected chi connectivity index (χ3v) is 4.90. The molecule has 104 valence electrons. The van der Waals surface area contributed by atoms with E-state index in [4.69, 9.17) is 0 Å². The molecule has 0 radical (unpaired) electrons. The van der Waals surface area contributed by atoms with Gasteiger partial charge in [-0.1, -0.05) is 18.2 Å². The number of thiophene rings is 1. The van der Waals surface area contributed by atoms with Crippen molar-refractivity contribution < 1.29 is 0 Å². The van der Waals surface area contributed by atoms with Crippen LogP contribution in [-0.4, -0.2) is 31.6 Å². The minimum Gasteiger partial charge on any atom is -0.308 e. The first-order valence-corrected chi connectivity index (χ1v) is 7.69. The summed E-state index contributed by atoms with van der Waals surface area (Å²) in [6, 6.07) is 9.59. The standard InChI is InChI=1S/C16H24N2S/c1-11(10-18(4)5)17-13(3)16-12(2)14-8-6-7-9-15(14)19-16/h6-9,11,13,17H,10H2,1-5H3. The quantitative estimate of drug-likeness (QED) is 0.893. The van der Waals surface area contributed by atoms with Gasteiger partial charge in [0.25, 0.3) is 0 Å². The van der Waals surface area contributed by atoms with Crippen molar-refractivity contribution in [2.45, 2.75) is 32.9 Å². The molecule has 2 atom stereocenters. The highest BCUT2D eigenvalue weighted by atomic mass is 32.1. The summed E-state index contributed by atoms with van der Waals surface area (Å²) in [6.07, 6.45) is 0. The Morgan fingerprint density at radius 3 is 2.53 bits per heavy atom. The van der Waals surface area contributed by atoms with Gasteiger partial charge in [-0.15, -0.1) is 11.3 Å². The Morgan fingerprint density at radius 2 is 1.89 bits per heavy atom. The maximum Gasteiger partial charge on any atom is 0.0391 e. The first kappa shape index (κ1) is 14.5. The summed E-state index contributed by atoms with van der Waals surface area (Å²) in [7, 11) is 4.24. The number of hydrogen-bond donors (Lipinski definition) is 1. The smallest absolute Gasteiger partial charge is 0.0391 e. The van der Waals surface area contributed by atoms with Crippen molar-refractivity contribution in [3.63, 3.8) is 0 Å². The summed E-state index contributed by atoms with van der Waals surface area (Å²) in [6.45, 7) is 7.82. The fourth-order valence-electron chi connectivity index (χ4n) is 2.71. The van der Waals surface area contributed by atoms with Crippen molar-refractivity contribution in [1.29, 1.82) is 0 Å². The van der Waals surface area contributed by atoms with Gasteiger partial charge in [0.05, 0.1) is 0 Å². The summed E-state index contributed by atoms with van der Waals surface area (Å²) >= 11 is 1.92. The first-order chi connectivity index (χ1) is 8.99. The zero-order chi connectivity index (χ0) is 14.0. The lowest BCUT2D eigenvalue weighted by Gasteiger charge is -2.22. The van der Waals surface area contributed by atoms with E-state index < -0.39 is 0 Å². The van der Waals surface area contributed by atoms with E-state index in [1.54, 1.807) is 0 Å². The van der Waals surface area contributed by atoms with Crippen molar-refractivity contribution in [2.75, 3.05) is 20.6 Å². The number of aryl methyl sites for hydroxylation is 1. The van der Waals surface area contributed by atoms with Gasteiger partial charge in [-0.25, -0.2) is 0 Å². The van der Waals surface area contributed by atoms with Crippen LogP contribution < -0.4 is 5.32 Å². The second kappa shape index (κ2) is 6.04. The first-order valence-electron chi connectivity index (χ1n) is 6.88. The third-order valence-electron chi connectivity index (χ3n) is 3.45. The molecular formula is C16H24N2S. The molecule has 0 spiro atoms. The predicted octanol–water partition coefficient (Wildman–Crippen LogP) is 3.81. The molecule has 2 aromatic rings. The molecule has 0 amide bonds. The van der Waals surface area contributed by atoms with E-state index in [1.807, 2.05) is 11.3 Å². The van der Waals surface area contributed by atoms with Crippen LogP contribution in [0.1, 0.15) is 30.3 Å². The van der Waals surface area contributed by atoms with Gasteiger partial charge >= 0.3 is 0 Å². The molecule has 1 aromatic carbocycles. The molecule has 0 aliphatic rings. The number of nitrogens with zero attached hydrogens (tertiary/aromatic N) is 1. The van der Waals surface area contributed by atoms with Gasteiger partial charge in [0.15, 0.2) is 0 Å². The number of hydrogen-bond acceptors (Lipinski definition) is 3. The lowest BCUT2D eigenvalue weighted by atomic mass is 10.1. The third kappa shape index (κ3) is 3.35. The fraction of sp³-hybridized carbons (Fsp3) is 0.500. The van der Waals surface area contributed by atoms with E-state index in [1.165, 1.54) is 20.5 Å². The van der Waals surface area contributed by atoms with E-state index in [0.29, 0.717) is 12.1 Å². The van der Waals surface area contributed by atoms with E-state index in [-0.39, 0.29) is 0 Å². The van der Waals surface area contributed by atoms with Crippen LogP contribution in [0.5, 0.6) is 0 Å². The van der Waals surface area contributed by atoms with E-state index in [0.717, 1.165) is 6.54 Å². The van der Waals surface area contributed by atoms with Crippen LogP contribution in [0.2, 0.25) is 0 Å². The van der Waals surface area contributed by atoms with Crippen LogP contribution >= 0.6 is 11.3 Å². The minimum atomic E-state index is 0.410. The Kier molecular flexibility index (Phi) is 4.61. The molecule has 2 unspecified atom stereocenters. The van der Waals surface area contributed by atoms with E-state index in [2.05, 4.69) is 69.3 Å². The molecule has 3 heteroatoms. The number of likely N-dealkylation sites (N-methyl/N-ethyl adjacent to an activating group) is 1. The van der Waals surface area contributed by atoms with Crippen molar-refractivity contribution in [3.05, 3.63) is 34.7 Å². The molecule has 0 aliphatic heterocycles. The van der Waals surface area contributed by atoms with Crippen LogP contribution in [0.3, 0.4) is 0 Å². The summed E-state index contributed by atoms with van der Waals surface area (Å²) in [4.78, 5) is 3.69. The van der Waals surface area contributed by atoms with Gasteiger partial charge in [-0.05, 0) is 51.9 Å². The molecule has 19 heavy (non-hydrogen) atoms. The zero-order valence-electron chi connectivity index (χ0n) is 12.5. The summed E-state index contributed by atoms with van der Waals surface area (Å²) in [5.74, 6) is 0. The molecular weight excluding hydrogens is 252 g/mol. The largest absolute Gasteiger partial charge is 0.308 e. The monoisotopic (exact) mass is 276 g/mol. The van der Waals surface area contributed by atoms with Crippen LogP contribution in [0.4, 0.5) is 0 Å². The van der Waals surface area contributed by atoms with Gasteiger partial charge in [0, 0.05) is 28.2 Å². The van der Waals surface area contributed by atoms with Gasteiger partial charge in [-0.3, -0.25) is 0 Å². The fourth-order valence-corrected chi connectivity index (χ4v) is 3.93. The van der Waals surface area contributed by atoms with Crippen LogP contribution in [-0.2, 0) is 0 Å². The maximum atomic E-state index is 3.70. The highest BCUT2D eigenvalue weighted by Gasteiger charge is 2.16. The normalized spacial score (nSPS) is 15.1. The van der Waals surface area contributed by atoms with E-state index in [9.17, 15) is 0 Å². The van der Waals surface area contributed by atoms with Crippen molar-refractivity contribution in [2.24, 2.45) is 0 Å². The highest BCUT2D eigenvalue weighted by Crippen LogP contribution is 2.34. The molecule has 0 aliphatic carbocycles. The molecule has 0 fully saturated rings. The minimum absolute atomic E-state index is 0.410. The second-order valence-corrected chi connectivity index (χ2v) is 6.72. The number of rotatable bonds is 5. The number of fused-ring (bicyclic) bond motifs is 1. The van der Waals surface area contributed by atoms with Gasteiger partial charge in [-0.2, -0.15) is 0 Å². The lowest BCUT2D eigenvalue weighted by Crippen LogP contribution is -2.37. The summed E-state index contributed by atoms with van der Waals surface area (Å²) in [5.41, 5.74) is 1.43. The predicted molar refractivity (Wildman–Crippen MR) is 86.1 cm³/mol. The molecule has 0 saturated carbocycles. The van der Waals surface area contributed by atoms with Crippen molar-refractivity contribution in [3.8, 4) is 0 Å². The molecule has 0 bridgehead atoms. The average Bonchev–Trinajstić information content (AvgIpc) is 2.66. The molecule has 2 rings (SSSR count). The van der Waals surface area contributed by atoms with Crippen molar-refractivity contribution >= 4 is 21.4 Å². The Bertz CT molecular complexity index is 545. The lowest BCUT2D eigenvalue weighted by molar-refractivity contribution is 0.335. The number of benzene rings is 1. The summed E-state index contributed by atoms with van der Waals surface area (Å²) in [5, 5.41) is 5.10. The SMILES string of the molecule is Cc1c(C(C)NC(C)CN(C)C)sc2ccccc12. The molecule has 1 N–H and O–H groups in total. The number of nitrogens with one attached hydrogen (secondary N) is 1. The van der Waals surface area contributed by atoms with Gasteiger partial charge in [0.2, 0.25) is 0 Å². The topological polar surface area (TPSA) is 15.3 Å². The molecule has 1 heterocycles. The maximum absolute atomic E-state index is 3.70. The van der Waals surface area contributed by atoms with Gasteiger partial charge in [0.1, 0.15) is 0 Å². The molecule has 1 aromatic heterocycles. The molecule has 2 nitrogen and oxygen atoms in total. The van der Waals surface area contributed by atoms with Crippen LogP contribution in [0, 0.1) is 6.92 Å². The molecule has 0 saturated heterocycles. The Morgan fingerprint density at radius 1 is 1.21 bits per heavy atom. The second-order valence-electron chi connectivity index (χ2n) is 5.64. The zero-order valence-corrected chi connectivity index (χ0v) is 13.3. The van der Waals surface area contributed by atoms with Crippen molar-refractivity contribution in [1.82, 2.24) is 10.2 Å². The Hall–Kier alpha value is -0.900.